The third-order valence-corrected chi connectivity index (χ3v) is 13.9. The number of thioether (sulfide) groups is 1. The Kier molecular flexibility index (Phi) is 12.4. The molecule has 0 bridgehead atoms. The van der Waals surface area contributed by atoms with Crippen LogP contribution in [0.2, 0.25) is 0 Å². The zero-order chi connectivity index (χ0) is 40.2. The van der Waals surface area contributed by atoms with Gasteiger partial charge in [0.25, 0.3) is 21.6 Å². The number of nitro benzene ring substituents is 1. The molecule has 1 unspecified atom stereocenters. The molecule has 1 saturated carbocycles. The van der Waals surface area contributed by atoms with Crippen LogP contribution in [-0.2, 0) is 22.0 Å². The van der Waals surface area contributed by atoms with Crippen molar-refractivity contribution in [2.75, 3.05) is 32.2 Å². The highest BCUT2D eigenvalue weighted by molar-refractivity contribution is 9.10. The second kappa shape index (κ2) is 17.4. The lowest BCUT2D eigenvalue weighted by Gasteiger charge is -2.46. The zero-order valence-electron chi connectivity index (χ0n) is 30.7. The van der Waals surface area contributed by atoms with E-state index in [4.69, 9.17) is 14.2 Å². The molecule has 0 aromatic heterocycles. The number of benzene rings is 4. The maximum atomic E-state index is 14.2. The van der Waals surface area contributed by atoms with Crippen molar-refractivity contribution in [3.8, 4) is 17.2 Å². The fraction of sp³-hybridized carbons (Fsp3) is 0.350. The van der Waals surface area contributed by atoms with Crippen molar-refractivity contribution in [2.24, 2.45) is 5.10 Å². The van der Waals surface area contributed by atoms with Crippen molar-refractivity contribution in [1.82, 2.24) is 9.73 Å². The topological polar surface area (TPSA) is 190 Å². The summed E-state index contributed by atoms with van der Waals surface area (Å²) in [5.41, 5.74) is 1.60. The van der Waals surface area contributed by atoms with E-state index in [2.05, 4.69) is 25.9 Å². The Labute approximate surface area is 342 Å². The molecular weight excluding hydrogens is 840 g/mol. The molecule has 300 valence electrons. The van der Waals surface area contributed by atoms with E-state index in [-0.39, 0.29) is 47.9 Å². The number of aliphatic hydroxyl groups excluding tert-OH is 2. The van der Waals surface area contributed by atoms with Crippen LogP contribution >= 0.6 is 27.7 Å². The van der Waals surface area contributed by atoms with E-state index >= 15 is 0 Å². The molecule has 3 aliphatic rings. The number of ether oxygens (including phenoxy) is 3. The average molecular weight is 882 g/mol. The van der Waals surface area contributed by atoms with Gasteiger partial charge in [-0.3, -0.25) is 14.9 Å². The van der Waals surface area contributed by atoms with Gasteiger partial charge < -0.3 is 29.3 Å². The number of nitrogens with zero attached hydrogens (tertiary/aromatic N) is 3. The Hall–Kier alpha value is -4.68. The quantitative estimate of drug-likeness (QED) is 0.0740. The number of rotatable bonds is 15. The van der Waals surface area contributed by atoms with Gasteiger partial charge in [-0.1, -0.05) is 36.4 Å². The predicted molar refractivity (Wildman–Crippen MR) is 218 cm³/mol. The number of nitro groups is 1. The van der Waals surface area contributed by atoms with Gasteiger partial charge in [-0.05, 0) is 70.4 Å². The normalized spacial score (nSPS) is 21.8. The highest BCUT2D eigenvalue weighted by Gasteiger charge is 2.61. The van der Waals surface area contributed by atoms with Crippen LogP contribution in [-0.4, -0.2) is 89.6 Å². The third-order valence-electron chi connectivity index (χ3n) is 10.5. The van der Waals surface area contributed by atoms with Gasteiger partial charge in [-0.2, -0.15) is 25.3 Å². The summed E-state index contributed by atoms with van der Waals surface area (Å²) in [7, 11) is -4.19. The standard InChI is InChI=1S/C40H41BrN4O10S2/c41-37-33(54-18-7-17-53-31-10-5-2-6-11-31)20-27-24-44(39(48)26-8-3-1-4-9-26)30(25-47)23-40-34(55-38(37)36(27)40)21-28(22-35(40)56-19-16-46)42-43-57(51,52)32-14-12-29(13-15-32)45(49)50/h1-6,8-15,20,30,34-35,43,46-47H,7,16-19,21-25H2/b42-28-/t30-,34+,35+,40?/m0/s1. The molecule has 17 heteroatoms. The van der Waals surface area contributed by atoms with Gasteiger partial charge in [0.15, 0.2) is 0 Å². The van der Waals surface area contributed by atoms with E-state index in [0.29, 0.717) is 65.5 Å². The van der Waals surface area contributed by atoms with Crippen molar-refractivity contribution in [2.45, 2.75) is 59.9 Å². The molecule has 2 heterocycles. The largest absolute Gasteiger partial charge is 0.493 e. The summed E-state index contributed by atoms with van der Waals surface area (Å²) in [5, 5.41) is 36.2. The molecular formula is C40H41BrN4O10S2. The summed E-state index contributed by atoms with van der Waals surface area (Å²) in [5.74, 6) is 1.93. The lowest BCUT2D eigenvalue weighted by Crippen LogP contribution is -2.55. The van der Waals surface area contributed by atoms with Crippen molar-refractivity contribution in [3.63, 3.8) is 0 Å². The summed E-state index contributed by atoms with van der Waals surface area (Å²) >= 11 is 5.28. The second-order valence-electron chi connectivity index (χ2n) is 13.9. The Morgan fingerprint density at radius 3 is 2.42 bits per heavy atom. The van der Waals surface area contributed by atoms with Crippen molar-refractivity contribution >= 4 is 55.0 Å². The molecule has 0 radical (unpaired) electrons. The third kappa shape index (κ3) is 8.34. The first-order valence-electron chi connectivity index (χ1n) is 18.4. The minimum atomic E-state index is -4.19. The summed E-state index contributed by atoms with van der Waals surface area (Å²) < 4.78 is 46.2. The van der Waals surface area contributed by atoms with Crippen LogP contribution in [0.5, 0.6) is 17.2 Å². The maximum absolute atomic E-state index is 14.2. The molecule has 4 atom stereocenters. The van der Waals surface area contributed by atoms with Crippen molar-refractivity contribution in [3.05, 3.63) is 122 Å². The van der Waals surface area contributed by atoms with Crippen LogP contribution in [0.15, 0.2) is 105 Å². The van der Waals surface area contributed by atoms with Gasteiger partial charge in [0.05, 0.1) is 47.7 Å². The van der Waals surface area contributed by atoms with Crippen molar-refractivity contribution in [1.29, 1.82) is 0 Å². The highest BCUT2D eigenvalue weighted by atomic mass is 79.9. The number of sulfonamides is 1. The Bertz CT molecular complexity index is 2230. The number of halogens is 1. The van der Waals surface area contributed by atoms with Gasteiger partial charge in [0.2, 0.25) is 0 Å². The van der Waals surface area contributed by atoms with E-state index in [9.17, 15) is 33.5 Å². The van der Waals surface area contributed by atoms with E-state index in [0.717, 1.165) is 41.1 Å². The monoisotopic (exact) mass is 880 g/mol. The van der Waals surface area contributed by atoms with E-state index in [1.165, 1.54) is 11.8 Å². The number of nitrogens with one attached hydrogen (secondary N) is 1. The van der Waals surface area contributed by atoms with E-state index in [1.54, 1.807) is 29.2 Å². The zero-order valence-corrected chi connectivity index (χ0v) is 33.9. The lowest BCUT2D eigenvalue weighted by atomic mass is 9.64. The minimum Gasteiger partial charge on any atom is -0.493 e. The first-order valence-corrected chi connectivity index (χ1v) is 21.7. The molecule has 1 fully saturated rings. The van der Waals surface area contributed by atoms with E-state index in [1.807, 2.05) is 42.5 Å². The van der Waals surface area contributed by atoms with Crippen LogP contribution < -0.4 is 19.0 Å². The van der Waals surface area contributed by atoms with Crippen LogP contribution in [0.4, 0.5) is 5.69 Å². The number of para-hydroxylation sites is 1. The van der Waals surface area contributed by atoms with Crippen LogP contribution in [0.1, 0.15) is 47.2 Å². The van der Waals surface area contributed by atoms with Gasteiger partial charge in [0.1, 0.15) is 27.8 Å². The smallest absolute Gasteiger partial charge is 0.276 e. The molecule has 1 amide bonds. The second-order valence-corrected chi connectivity index (χ2v) is 17.7. The Morgan fingerprint density at radius 1 is 1.04 bits per heavy atom. The van der Waals surface area contributed by atoms with Crippen LogP contribution in [0.3, 0.4) is 0 Å². The first-order chi connectivity index (χ1) is 27.6. The number of aliphatic hydroxyl groups is 2. The number of hydrogen-bond acceptors (Lipinski definition) is 12. The summed E-state index contributed by atoms with van der Waals surface area (Å²) in [4.78, 5) is 28.6. The Balaban J connectivity index is 1.24. The molecule has 57 heavy (non-hydrogen) atoms. The number of amides is 1. The number of hydrazone groups is 1. The first kappa shape index (κ1) is 40.5. The van der Waals surface area contributed by atoms with Gasteiger partial charge >= 0.3 is 0 Å². The highest BCUT2D eigenvalue weighted by Crippen LogP contribution is 2.61. The van der Waals surface area contributed by atoms with Gasteiger partial charge in [0, 0.05) is 65.8 Å². The number of carbonyl (C=O) groups is 1. The fourth-order valence-electron chi connectivity index (χ4n) is 7.90. The molecule has 2 aliphatic heterocycles. The molecule has 3 N–H and O–H groups in total. The molecule has 0 saturated heterocycles. The lowest BCUT2D eigenvalue weighted by molar-refractivity contribution is -0.384. The SMILES string of the molecule is O=C(c1ccccc1)N1Cc2cc(OCCCOc3ccccc3)c(Br)c3c2C2(C[C@H]1CO)[C@@H](C/C(=N/NS(=O)(=O)c1ccc([N+](=O)[O-])cc1)C[C@H]2SCCO)O3. The average Bonchev–Trinajstić information content (AvgIpc) is 3.49. The molecule has 7 rings (SSSR count). The molecule has 4 aromatic carbocycles. The summed E-state index contributed by atoms with van der Waals surface area (Å²) in [6.45, 7) is 0.473. The summed E-state index contributed by atoms with van der Waals surface area (Å²) in [6, 6.07) is 24.2. The van der Waals surface area contributed by atoms with Gasteiger partial charge in [-0.15, -0.1) is 0 Å². The predicted octanol–water partition coefficient (Wildman–Crippen LogP) is 5.83. The maximum Gasteiger partial charge on any atom is 0.276 e. The molecule has 4 aromatic rings. The molecule has 14 nitrogen and oxygen atoms in total. The molecule has 1 spiro atoms. The van der Waals surface area contributed by atoms with Crippen LogP contribution in [0.25, 0.3) is 0 Å². The molecule has 1 aliphatic carbocycles. The Morgan fingerprint density at radius 2 is 1.74 bits per heavy atom. The van der Waals surface area contributed by atoms with E-state index < -0.39 is 32.5 Å². The summed E-state index contributed by atoms with van der Waals surface area (Å²) in [6.07, 6.45) is 0.805. The minimum absolute atomic E-state index is 0.117. The van der Waals surface area contributed by atoms with Crippen LogP contribution in [0, 0.1) is 10.1 Å². The number of non-ortho nitro benzene ring substituents is 1. The van der Waals surface area contributed by atoms with Crippen molar-refractivity contribution < 1.29 is 42.6 Å². The van der Waals surface area contributed by atoms with Gasteiger partial charge in [-0.25, -0.2) is 4.83 Å². The number of carbonyl (C=O) groups excluding carboxylic acids is 1. The number of hydrogen-bond donors (Lipinski definition) is 3. The fourth-order valence-corrected chi connectivity index (χ4v) is 10.6.